The predicted octanol–water partition coefficient (Wildman–Crippen LogP) is 4.02. The summed E-state index contributed by atoms with van der Waals surface area (Å²) >= 11 is 2.94. The van der Waals surface area contributed by atoms with Gasteiger partial charge in [0.1, 0.15) is 4.83 Å². The lowest BCUT2D eigenvalue weighted by atomic mass is 10.1. The fraction of sp³-hybridized carbons (Fsp3) is 0.409. The minimum absolute atomic E-state index is 0.00156. The molecular formula is C22H25N3O2S2. The van der Waals surface area contributed by atoms with E-state index in [1.807, 2.05) is 6.92 Å². The Balaban J connectivity index is 1.44. The van der Waals surface area contributed by atoms with Crippen LogP contribution in [-0.2, 0) is 31.1 Å². The summed E-state index contributed by atoms with van der Waals surface area (Å²) in [6.45, 7) is 4.11. The Kier molecular flexibility index (Phi) is 5.79. The van der Waals surface area contributed by atoms with Crippen LogP contribution in [0.4, 0.5) is 0 Å². The predicted molar refractivity (Wildman–Crippen MR) is 120 cm³/mol. The minimum Gasteiger partial charge on any atom is -0.349 e. The van der Waals surface area contributed by atoms with Gasteiger partial charge in [-0.15, -0.1) is 11.3 Å². The van der Waals surface area contributed by atoms with Gasteiger partial charge in [0.15, 0.2) is 5.16 Å². The third-order valence-corrected chi connectivity index (χ3v) is 7.72. The fourth-order valence-corrected chi connectivity index (χ4v) is 5.86. The highest BCUT2D eigenvalue weighted by atomic mass is 32.2. The fourth-order valence-electron chi connectivity index (χ4n) is 3.77. The van der Waals surface area contributed by atoms with Crippen LogP contribution in [0.1, 0.15) is 47.9 Å². The van der Waals surface area contributed by atoms with Crippen molar-refractivity contribution in [2.45, 2.75) is 50.7 Å². The minimum atomic E-state index is -0.0647. The highest BCUT2D eigenvalue weighted by Gasteiger charge is 2.22. The molecule has 29 heavy (non-hydrogen) atoms. The van der Waals surface area contributed by atoms with E-state index in [9.17, 15) is 9.59 Å². The molecule has 1 N–H and O–H groups in total. The van der Waals surface area contributed by atoms with E-state index in [0.29, 0.717) is 5.16 Å². The maximum absolute atomic E-state index is 12.8. The number of rotatable bonds is 6. The van der Waals surface area contributed by atoms with Gasteiger partial charge >= 0.3 is 0 Å². The topological polar surface area (TPSA) is 64.0 Å². The van der Waals surface area contributed by atoms with Gasteiger partial charge in [-0.25, -0.2) is 4.98 Å². The molecule has 7 heteroatoms. The molecule has 1 amide bonds. The molecule has 0 saturated heterocycles. The van der Waals surface area contributed by atoms with Gasteiger partial charge in [-0.2, -0.15) is 0 Å². The van der Waals surface area contributed by atoms with Gasteiger partial charge in [0.05, 0.1) is 17.2 Å². The Morgan fingerprint density at radius 3 is 2.79 bits per heavy atom. The van der Waals surface area contributed by atoms with E-state index in [1.54, 1.807) is 23.0 Å². The van der Waals surface area contributed by atoms with Gasteiger partial charge in [0, 0.05) is 11.9 Å². The first-order valence-corrected chi connectivity index (χ1v) is 11.8. The lowest BCUT2D eigenvalue weighted by molar-refractivity contribution is -0.119. The highest BCUT2D eigenvalue weighted by Crippen LogP contribution is 2.35. The van der Waals surface area contributed by atoms with Crippen molar-refractivity contribution in [3.05, 3.63) is 56.2 Å². The van der Waals surface area contributed by atoms with Crippen molar-refractivity contribution in [2.24, 2.45) is 7.05 Å². The third-order valence-electron chi connectivity index (χ3n) is 5.50. The van der Waals surface area contributed by atoms with Crippen LogP contribution in [0.3, 0.4) is 0 Å². The van der Waals surface area contributed by atoms with E-state index in [1.165, 1.54) is 27.8 Å². The Morgan fingerprint density at radius 1 is 1.31 bits per heavy atom. The van der Waals surface area contributed by atoms with Crippen LogP contribution in [-0.4, -0.2) is 21.2 Å². The maximum Gasteiger partial charge on any atom is 0.262 e. The molecule has 152 valence electrons. The normalized spacial score (nSPS) is 14.2. The molecule has 1 aromatic carbocycles. The highest BCUT2D eigenvalue weighted by molar-refractivity contribution is 7.99. The van der Waals surface area contributed by atoms with Crippen LogP contribution in [0, 0.1) is 0 Å². The monoisotopic (exact) mass is 427 g/mol. The van der Waals surface area contributed by atoms with Crippen molar-refractivity contribution in [2.75, 3.05) is 5.75 Å². The van der Waals surface area contributed by atoms with E-state index < -0.39 is 0 Å². The average molecular weight is 428 g/mol. The molecule has 1 aliphatic carbocycles. The molecule has 0 aliphatic heterocycles. The van der Waals surface area contributed by atoms with Gasteiger partial charge < -0.3 is 5.32 Å². The summed E-state index contributed by atoms with van der Waals surface area (Å²) in [5.74, 6) is 0.166. The molecule has 0 radical (unpaired) electrons. The molecular weight excluding hydrogens is 402 g/mol. The molecule has 1 atom stereocenters. The van der Waals surface area contributed by atoms with E-state index in [2.05, 4.69) is 36.5 Å². The maximum atomic E-state index is 12.8. The van der Waals surface area contributed by atoms with Crippen LogP contribution < -0.4 is 10.9 Å². The van der Waals surface area contributed by atoms with Crippen molar-refractivity contribution in [3.8, 4) is 0 Å². The summed E-state index contributed by atoms with van der Waals surface area (Å²) in [5.41, 5.74) is 3.56. The first kappa shape index (κ1) is 20.2. The van der Waals surface area contributed by atoms with Gasteiger partial charge in [-0.1, -0.05) is 43.0 Å². The first-order chi connectivity index (χ1) is 14.0. The van der Waals surface area contributed by atoms with Crippen LogP contribution >= 0.6 is 23.1 Å². The number of amides is 1. The summed E-state index contributed by atoms with van der Waals surface area (Å²) in [4.78, 5) is 32.1. The van der Waals surface area contributed by atoms with Crippen molar-refractivity contribution in [1.29, 1.82) is 0 Å². The molecule has 4 rings (SSSR count). The molecule has 0 saturated carbocycles. The zero-order valence-corrected chi connectivity index (χ0v) is 18.6. The average Bonchev–Trinajstić information content (AvgIpc) is 3.30. The molecule has 0 bridgehead atoms. The standard InChI is InChI=1S/C22H25N3O2S2/c1-4-14-8-10-15(11-9-14)13(2)23-18(26)12-28-22-24-20-19(21(27)25(22)3)16-6-5-7-17(16)29-20/h8-11,13H,4-7,12H2,1-3H3,(H,23,26). The molecule has 2 heterocycles. The molecule has 0 spiro atoms. The smallest absolute Gasteiger partial charge is 0.262 e. The second-order valence-electron chi connectivity index (χ2n) is 7.47. The number of thioether (sulfide) groups is 1. The number of carbonyl (C=O) groups is 1. The number of aromatic nitrogens is 2. The SMILES string of the molecule is CCc1ccc(C(C)NC(=O)CSc2nc3sc4c(c3c(=O)n2C)CCC4)cc1. The van der Waals surface area contributed by atoms with Crippen molar-refractivity contribution in [1.82, 2.24) is 14.9 Å². The first-order valence-electron chi connectivity index (χ1n) is 10.00. The van der Waals surface area contributed by atoms with E-state index in [-0.39, 0.29) is 23.3 Å². The van der Waals surface area contributed by atoms with Crippen LogP contribution in [0.2, 0.25) is 0 Å². The Morgan fingerprint density at radius 2 is 2.07 bits per heavy atom. The van der Waals surface area contributed by atoms with Crippen molar-refractivity contribution < 1.29 is 4.79 Å². The molecule has 5 nitrogen and oxygen atoms in total. The Bertz CT molecular complexity index is 1120. The Labute approximate surface area is 178 Å². The summed E-state index contributed by atoms with van der Waals surface area (Å²) in [7, 11) is 1.74. The van der Waals surface area contributed by atoms with Gasteiger partial charge in [-0.3, -0.25) is 14.2 Å². The second-order valence-corrected chi connectivity index (χ2v) is 9.50. The van der Waals surface area contributed by atoms with Crippen LogP contribution in [0.15, 0.2) is 34.2 Å². The summed E-state index contributed by atoms with van der Waals surface area (Å²) < 4.78 is 1.58. The summed E-state index contributed by atoms with van der Waals surface area (Å²) in [6.07, 6.45) is 4.14. The molecule has 1 unspecified atom stereocenters. The number of hydrogen-bond acceptors (Lipinski definition) is 5. The van der Waals surface area contributed by atoms with Crippen LogP contribution in [0.5, 0.6) is 0 Å². The van der Waals surface area contributed by atoms with E-state index >= 15 is 0 Å². The largest absolute Gasteiger partial charge is 0.349 e. The lowest BCUT2D eigenvalue weighted by Gasteiger charge is -2.15. The van der Waals surface area contributed by atoms with Gasteiger partial charge in [-0.05, 0) is 49.3 Å². The van der Waals surface area contributed by atoms with Crippen LogP contribution in [0.25, 0.3) is 10.2 Å². The number of benzene rings is 1. The zero-order valence-electron chi connectivity index (χ0n) is 16.9. The van der Waals surface area contributed by atoms with E-state index in [4.69, 9.17) is 4.98 Å². The lowest BCUT2D eigenvalue weighted by Crippen LogP contribution is -2.28. The quantitative estimate of drug-likeness (QED) is 0.477. The molecule has 0 fully saturated rings. The number of nitrogens with zero attached hydrogens (tertiary/aromatic N) is 2. The van der Waals surface area contributed by atoms with E-state index in [0.717, 1.165) is 41.5 Å². The second kappa shape index (κ2) is 8.32. The van der Waals surface area contributed by atoms with Gasteiger partial charge in [0.2, 0.25) is 5.91 Å². The Hall–Kier alpha value is -2.12. The summed E-state index contributed by atoms with van der Waals surface area (Å²) in [6, 6.07) is 8.26. The number of aryl methyl sites for hydroxylation is 3. The number of fused-ring (bicyclic) bond motifs is 3. The third kappa shape index (κ3) is 3.98. The number of carbonyl (C=O) groups excluding carboxylic acids is 1. The van der Waals surface area contributed by atoms with Crippen molar-refractivity contribution >= 4 is 39.2 Å². The summed E-state index contributed by atoms with van der Waals surface area (Å²) in [5, 5.41) is 4.41. The number of thiophene rings is 1. The number of hydrogen-bond donors (Lipinski definition) is 1. The zero-order chi connectivity index (χ0) is 20.5. The molecule has 1 aliphatic rings. The molecule has 3 aromatic rings. The number of nitrogens with one attached hydrogen (secondary N) is 1. The van der Waals surface area contributed by atoms with Gasteiger partial charge in [0.25, 0.3) is 5.56 Å². The van der Waals surface area contributed by atoms with Crippen molar-refractivity contribution in [3.63, 3.8) is 0 Å². The molecule has 2 aromatic heterocycles.